The van der Waals surface area contributed by atoms with Crippen molar-refractivity contribution in [1.82, 2.24) is 10.2 Å². The van der Waals surface area contributed by atoms with E-state index >= 15 is 0 Å². The van der Waals surface area contributed by atoms with E-state index in [9.17, 15) is 5.11 Å². The van der Waals surface area contributed by atoms with E-state index in [1.807, 2.05) is 0 Å². The molecule has 3 atom stereocenters. The molecule has 4 nitrogen and oxygen atoms in total. The Morgan fingerprint density at radius 2 is 2.11 bits per heavy atom. The van der Waals surface area contributed by atoms with Gasteiger partial charge in [0.05, 0.1) is 12.7 Å². The highest BCUT2D eigenvalue weighted by atomic mass is 16.3. The van der Waals surface area contributed by atoms with E-state index in [0.29, 0.717) is 18.5 Å². The maximum atomic E-state index is 10.1. The lowest BCUT2D eigenvalue weighted by Gasteiger charge is -2.42. The second-order valence-corrected chi connectivity index (χ2v) is 6.36. The molecule has 19 heavy (non-hydrogen) atoms. The molecule has 2 fully saturated rings. The summed E-state index contributed by atoms with van der Waals surface area (Å²) in [4.78, 5) is 2.53. The number of aliphatic hydroxyl groups excluding tert-OH is 2. The largest absolute Gasteiger partial charge is 0.395 e. The third kappa shape index (κ3) is 4.42. The average molecular weight is 270 g/mol. The van der Waals surface area contributed by atoms with E-state index in [1.165, 1.54) is 25.8 Å². The second kappa shape index (κ2) is 7.58. The number of nitrogens with one attached hydrogen (secondary N) is 1. The molecule has 1 heterocycles. The van der Waals surface area contributed by atoms with Gasteiger partial charge in [0.25, 0.3) is 0 Å². The molecule has 1 aliphatic carbocycles. The van der Waals surface area contributed by atoms with Crippen LogP contribution in [0.2, 0.25) is 0 Å². The molecule has 0 bridgehead atoms. The Morgan fingerprint density at radius 1 is 1.32 bits per heavy atom. The predicted octanol–water partition coefficient (Wildman–Crippen LogP) is 0.830. The third-order valence-electron chi connectivity index (χ3n) is 4.81. The van der Waals surface area contributed by atoms with Gasteiger partial charge in [0.15, 0.2) is 0 Å². The lowest BCUT2D eigenvalue weighted by molar-refractivity contribution is 0.0242. The number of likely N-dealkylation sites (tertiary alicyclic amines) is 1. The molecule has 3 unspecified atom stereocenters. The number of piperidine rings is 1. The number of hydrogen-bond acceptors (Lipinski definition) is 4. The second-order valence-electron chi connectivity index (χ2n) is 6.36. The predicted molar refractivity (Wildman–Crippen MR) is 77.1 cm³/mol. The molecule has 0 aromatic rings. The minimum atomic E-state index is -0.178. The normalized spacial score (nSPS) is 31.1. The van der Waals surface area contributed by atoms with Crippen LogP contribution in [0.1, 0.15) is 39.0 Å². The molecule has 0 aromatic heterocycles. The monoisotopic (exact) mass is 270 g/mol. The van der Waals surface area contributed by atoms with Crippen molar-refractivity contribution in [3.8, 4) is 0 Å². The fourth-order valence-corrected chi connectivity index (χ4v) is 3.45. The molecular formula is C15H30N2O2. The van der Waals surface area contributed by atoms with Crippen molar-refractivity contribution in [2.75, 3.05) is 32.8 Å². The molecule has 1 saturated carbocycles. The van der Waals surface area contributed by atoms with Gasteiger partial charge in [-0.2, -0.15) is 0 Å². The molecule has 0 aromatic carbocycles. The number of nitrogens with zero attached hydrogens (tertiary/aromatic N) is 1. The number of hydrogen-bond donors (Lipinski definition) is 3. The quantitative estimate of drug-likeness (QED) is 0.641. The topological polar surface area (TPSA) is 55.7 Å². The zero-order chi connectivity index (χ0) is 13.7. The summed E-state index contributed by atoms with van der Waals surface area (Å²) >= 11 is 0. The summed E-state index contributed by atoms with van der Waals surface area (Å²) in [6.45, 7) is 6.24. The lowest BCUT2D eigenvalue weighted by atomic mass is 9.83. The molecule has 2 rings (SSSR count). The Kier molecular flexibility index (Phi) is 6.07. The van der Waals surface area contributed by atoms with Crippen molar-refractivity contribution in [3.05, 3.63) is 0 Å². The van der Waals surface area contributed by atoms with Crippen LogP contribution in [0.5, 0.6) is 0 Å². The first-order valence-electron chi connectivity index (χ1n) is 7.97. The summed E-state index contributed by atoms with van der Waals surface area (Å²) in [7, 11) is 0. The summed E-state index contributed by atoms with van der Waals surface area (Å²) in [6.07, 6.45) is 5.86. The SMILES string of the molecule is CCC(O)C1CC(NCCO)CN(CC2CCC2)C1. The zero-order valence-electron chi connectivity index (χ0n) is 12.2. The minimum Gasteiger partial charge on any atom is -0.395 e. The Labute approximate surface area is 117 Å². The molecule has 1 aliphatic heterocycles. The van der Waals surface area contributed by atoms with Gasteiger partial charge in [-0.3, -0.25) is 0 Å². The standard InChI is InChI=1S/C15H30N2O2/c1-2-15(19)13-8-14(16-6-7-18)11-17(10-13)9-12-4-3-5-12/h12-16,18-19H,2-11H2,1H3. The van der Waals surface area contributed by atoms with Crippen molar-refractivity contribution in [3.63, 3.8) is 0 Å². The highest BCUT2D eigenvalue weighted by Crippen LogP contribution is 2.29. The summed E-state index contributed by atoms with van der Waals surface area (Å²) in [5.41, 5.74) is 0. The van der Waals surface area contributed by atoms with Gasteiger partial charge >= 0.3 is 0 Å². The van der Waals surface area contributed by atoms with E-state index in [1.54, 1.807) is 0 Å². The molecule has 4 heteroatoms. The van der Waals surface area contributed by atoms with Crippen LogP contribution in [0.15, 0.2) is 0 Å². The highest BCUT2D eigenvalue weighted by molar-refractivity contribution is 4.88. The fraction of sp³-hybridized carbons (Fsp3) is 1.00. The molecule has 3 N–H and O–H groups in total. The van der Waals surface area contributed by atoms with Crippen molar-refractivity contribution in [1.29, 1.82) is 0 Å². The van der Waals surface area contributed by atoms with E-state index in [4.69, 9.17) is 5.11 Å². The van der Waals surface area contributed by atoms with Crippen LogP contribution < -0.4 is 5.32 Å². The molecular weight excluding hydrogens is 240 g/mol. The van der Waals surface area contributed by atoms with E-state index < -0.39 is 0 Å². The van der Waals surface area contributed by atoms with E-state index in [-0.39, 0.29) is 12.7 Å². The van der Waals surface area contributed by atoms with E-state index in [2.05, 4.69) is 17.1 Å². The summed E-state index contributed by atoms with van der Waals surface area (Å²) in [6, 6.07) is 0.423. The van der Waals surface area contributed by atoms with Crippen molar-refractivity contribution < 1.29 is 10.2 Å². The molecule has 0 amide bonds. The minimum absolute atomic E-state index is 0.178. The van der Waals surface area contributed by atoms with E-state index in [0.717, 1.165) is 31.8 Å². The zero-order valence-corrected chi connectivity index (χ0v) is 12.2. The van der Waals surface area contributed by atoms with Gasteiger partial charge in [0.1, 0.15) is 0 Å². The van der Waals surface area contributed by atoms with Gasteiger partial charge in [-0.15, -0.1) is 0 Å². The van der Waals surface area contributed by atoms with Crippen molar-refractivity contribution in [2.45, 2.75) is 51.2 Å². The molecule has 112 valence electrons. The van der Waals surface area contributed by atoms with Gasteiger partial charge < -0.3 is 20.4 Å². The Hall–Kier alpha value is -0.160. The summed E-state index contributed by atoms with van der Waals surface area (Å²) in [5.74, 6) is 1.27. The van der Waals surface area contributed by atoms with Gasteiger partial charge in [-0.25, -0.2) is 0 Å². The van der Waals surface area contributed by atoms with Crippen LogP contribution in [0.4, 0.5) is 0 Å². The molecule has 0 spiro atoms. The first-order chi connectivity index (χ1) is 9.22. The maximum absolute atomic E-state index is 10.1. The van der Waals surface area contributed by atoms with Crippen molar-refractivity contribution in [2.24, 2.45) is 11.8 Å². The first kappa shape index (κ1) is 15.2. The van der Waals surface area contributed by atoms with Crippen LogP contribution in [0.3, 0.4) is 0 Å². The van der Waals surface area contributed by atoms with Gasteiger partial charge in [0.2, 0.25) is 0 Å². The molecule has 0 radical (unpaired) electrons. The number of rotatable bonds is 7. The third-order valence-corrected chi connectivity index (χ3v) is 4.81. The van der Waals surface area contributed by atoms with Crippen LogP contribution in [0.25, 0.3) is 0 Å². The Morgan fingerprint density at radius 3 is 2.68 bits per heavy atom. The number of aliphatic hydroxyl groups is 2. The van der Waals surface area contributed by atoms with Gasteiger partial charge in [0, 0.05) is 32.2 Å². The average Bonchev–Trinajstić information content (AvgIpc) is 2.39. The van der Waals surface area contributed by atoms with Gasteiger partial charge in [-0.05, 0) is 37.5 Å². The summed E-state index contributed by atoms with van der Waals surface area (Å²) in [5, 5.41) is 22.5. The van der Waals surface area contributed by atoms with Crippen LogP contribution in [0, 0.1) is 11.8 Å². The van der Waals surface area contributed by atoms with Crippen LogP contribution >= 0.6 is 0 Å². The van der Waals surface area contributed by atoms with Gasteiger partial charge in [-0.1, -0.05) is 13.3 Å². The smallest absolute Gasteiger partial charge is 0.0578 e. The van der Waals surface area contributed by atoms with Crippen molar-refractivity contribution >= 4 is 0 Å². The first-order valence-corrected chi connectivity index (χ1v) is 7.97. The molecule has 1 saturated heterocycles. The Balaban J connectivity index is 1.86. The highest BCUT2D eigenvalue weighted by Gasteiger charge is 2.32. The summed E-state index contributed by atoms with van der Waals surface area (Å²) < 4.78 is 0. The Bertz CT molecular complexity index is 259. The van der Waals surface area contributed by atoms with Crippen LogP contribution in [-0.4, -0.2) is 60.0 Å². The molecule has 2 aliphatic rings. The fourth-order valence-electron chi connectivity index (χ4n) is 3.45. The lowest BCUT2D eigenvalue weighted by Crippen LogP contribution is -2.53. The van der Waals surface area contributed by atoms with Crippen LogP contribution in [-0.2, 0) is 0 Å². The maximum Gasteiger partial charge on any atom is 0.0578 e.